The lowest BCUT2D eigenvalue weighted by atomic mass is 10.1. The van der Waals surface area contributed by atoms with Gasteiger partial charge in [-0.15, -0.1) is 0 Å². The Morgan fingerprint density at radius 1 is 1.11 bits per heavy atom. The van der Waals surface area contributed by atoms with E-state index in [0.717, 1.165) is 53.9 Å². The molecule has 3 aromatic rings. The van der Waals surface area contributed by atoms with Gasteiger partial charge in [0.15, 0.2) is 0 Å². The van der Waals surface area contributed by atoms with E-state index in [-0.39, 0.29) is 6.61 Å². The number of nitrogens with zero attached hydrogens (tertiary/aromatic N) is 4. The Hall–Kier alpha value is -3.43. The number of rotatable bonds is 9. The lowest BCUT2D eigenvalue weighted by molar-refractivity contribution is 0.0999. The summed E-state index contributed by atoms with van der Waals surface area (Å²) in [6, 6.07) is 15.2. The number of amides is 1. The van der Waals surface area contributed by atoms with Crippen LogP contribution in [0.25, 0.3) is 0 Å². The number of aldehydes is 1. The van der Waals surface area contributed by atoms with Crippen molar-refractivity contribution in [3.63, 3.8) is 0 Å². The van der Waals surface area contributed by atoms with Crippen LogP contribution in [-0.2, 0) is 6.61 Å². The molecule has 2 N–H and O–H groups in total. The van der Waals surface area contributed by atoms with E-state index in [1.807, 2.05) is 30.3 Å². The Kier molecular flexibility index (Phi) is 6.96. The fourth-order valence-corrected chi connectivity index (χ4v) is 4.94. The van der Waals surface area contributed by atoms with E-state index in [9.17, 15) is 9.59 Å². The van der Waals surface area contributed by atoms with Gasteiger partial charge in [-0.2, -0.15) is 4.98 Å². The highest BCUT2D eigenvalue weighted by Gasteiger charge is 2.31. The maximum absolute atomic E-state index is 11.4. The van der Waals surface area contributed by atoms with Gasteiger partial charge in [-0.25, -0.2) is 4.98 Å². The summed E-state index contributed by atoms with van der Waals surface area (Å²) in [6.45, 7) is 4.09. The first kappa shape index (κ1) is 23.3. The molecule has 1 aliphatic heterocycles. The summed E-state index contributed by atoms with van der Waals surface area (Å²) < 4.78 is 6.16. The first-order valence-corrected chi connectivity index (χ1v) is 12.5. The molecule has 1 aromatic heterocycles. The molecule has 0 atom stereocenters. The molecule has 8 nitrogen and oxygen atoms in total. The van der Waals surface area contributed by atoms with Crippen LogP contribution in [0.2, 0.25) is 0 Å². The summed E-state index contributed by atoms with van der Waals surface area (Å²) in [4.78, 5) is 38.4. The summed E-state index contributed by atoms with van der Waals surface area (Å²) >= 11 is 1.46. The molecule has 0 bridgehead atoms. The number of benzene rings is 2. The minimum atomic E-state index is -0.461. The predicted octanol–water partition coefficient (Wildman–Crippen LogP) is 3.40. The molecular weight excluding hydrogens is 462 g/mol. The normalized spacial score (nSPS) is 16.2. The molecule has 1 amide bonds. The van der Waals surface area contributed by atoms with Crippen LogP contribution in [-0.4, -0.2) is 59.3 Å². The Labute approximate surface area is 208 Å². The van der Waals surface area contributed by atoms with Crippen molar-refractivity contribution in [1.82, 2.24) is 14.9 Å². The SMILES string of the molecule is NC(=O)c1ccc(Sc2cnc(N3CCN(C4CC4)CC3)nc2OCc2cccc(C=O)c2)cc1. The second-order valence-corrected chi connectivity index (χ2v) is 9.85. The molecule has 0 spiro atoms. The van der Waals surface area contributed by atoms with E-state index in [1.54, 1.807) is 24.4 Å². The lowest BCUT2D eigenvalue weighted by Gasteiger charge is -2.34. The number of nitrogens with two attached hydrogens (primary N) is 1. The van der Waals surface area contributed by atoms with Gasteiger partial charge in [0.1, 0.15) is 12.9 Å². The number of ether oxygens (including phenoxy) is 1. The molecule has 2 aliphatic rings. The smallest absolute Gasteiger partial charge is 0.248 e. The Balaban J connectivity index is 1.36. The zero-order chi connectivity index (χ0) is 24.2. The molecule has 5 rings (SSSR count). The fraction of sp³-hybridized carbons (Fsp3) is 0.308. The molecule has 0 unspecified atom stereocenters. The lowest BCUT2D eigenvalue weighted by Crippen LogP contribution is -2.47. The maximum atomic E-state index is 11.4. The number of anilines is 1. The van der Waals surface area contributed by atoms with E-state index >= 15 is 0 Å². The van der Waals surface area contributed by atoms with Crippen LogP contribution < -0.4 is 15.4 Å². The second-order valence-electron chi connectivity index (χ2n) is 8.74. The molecular formula is C26H27N5O3S. The Morgan fingerprint density at radius 2 is 1.89 bits per heavy atom. The quantitative estimate of drug-likeness (QED) is 0.457. The molecule has 180 valence electrons. The molecule has 2 fully saturated rings. The van der Waals surface area contributed by atoms with Crippen molar-refractivity contribution < 1.29 is 14.3 Å². The number of aromatic nitrogens is 2. The summed E-state index contributed by atoms with van der Waals surface area (Å²) in [6.07, 6.45) is 5.24. The largest absolute Gasteiger partial charge is 0.472 e. The topological polar surface area (TPSA) is 102 Å². The van der Waals surface area contributed by atoms with Gasteiger partial charge in [-0.05, 0) is 48.7 Å². The van der Waals surface area contributed by atoms with Crippen molar-refractivity contribution in [2.24, 2.45) is 5.73 Å². The van der Waals surface area contributed by atoms with Crippen molar-refractivity contribution in [3.8, 4) is 5.88 Å². The molecule has 1 saturated carbocycles. The molecule has 1 saturated heterocycles. The number of primary amides is 1. The average Bonchev–Trinajstić information content (AvgIpc) is 3.74. The molecule has 9 heteroatoms. The van der Waals surface area contributed by atoms with Crippen LogP contribution >= 0.6 is 11.8 Å². The fourth-order valence-electron chi connectivity index (χ4n) is 4.12. The minimum absolute atomic E-state index is 0.280. The number of hydrogen-bond donors (Lipinski definition) is 1. The van der Waals surface area contributed by atoms with Crippen molar-refractivity contribution in [2.75, 3.05) is 31.1 Å². The summed E-state index contributed by atoms with van der Waals surface area (Å²) in [5, 5.41) is 0. The Bertz CT molecular complexity index is 1210. The van der Waals surface area contributed by atoms with E-state index in [1.165, 1.54) is 24.6 Å². The van der Waals surface area contributed by atoms with Gasteiger partial charge in [0, 0.05) is 48.2 Å². The van der Waals surface area contributed by atoms with Gasteiger partial charge in [-0.1, -0.05) is 30.0 Å². The van der Waals surface area contributed by atoms with Gasteiger partial charge in [0.2, 0.25) is 17.7 Å². The summed E-state index contributed by atoms with van der Waals surface area (Å²) in [7, 11) is 0. The number of carbonyl (C=O) groups excluding carboxylic acids is 2. The first-order chi connectivity index (χ1) is 17.1. The zero-order valence-electron chi connectivity index (χ0n) is 19.3. The van der Waals surface area contributed by atoms with Crippen molar-refractivity contribution >= 4 is 29.9 Å². The van der Waals surface area contributed by atoms with Gasteiger partial charge in [0.25, 0.3) is 0 Å². The first-order valence-electron chi connectivity index (χ1n) is 11.7. The highest BCUT2D eigenvalue weighted by atomic mass is 32.2. The maximum Gasteiger partial charge on any atom is 0.248 e. The third-order valence-electron chi connectivity index (χ3n) is 6.20. The average molecular weight is 490 g/mol. The van der Waals surface area contributed by atoms with Crippen LogP contribution in [0.4, 0.5) is 5.95 Å². The second kappa shape index (κ2) is 10.5. The van der Waals surface area contributed by atoms with Crippen molar-refractivity contribution in [3.05, 3.63) is 71.4 Å². The van der Waals surface area contributed by atoms with Gasteiger partial charge in [0.05, 0.1) is 11.1 Å². The zero-order valence-corrected chi connectivity index (χ0v) is 20.1. The van der Waals surface area contributed by atoms with E-state index < -0.39 is 5.91 Å². The minimum Gasteiger partial charge on any atom is -0.472 e. The molecule has 2 aromatic carbocycles. The summed E-state index contributed by atoms with van der Waals surface area (Å²) in [5.74, 6) is 0.684. The molecule has 0 radical (unpaired) electrons. The van der Waals surface area contributed by atoms with E-state index in [4.69, 9.17) is 15.5 Å². The van der Waals surface area contributed by atoms with E-state index in [0.29, 0.717) is 23.0 Å². The molecule has 1 aliphatic carbocycles. The van der Waals surface area contributed by atoms with Crippen LogP contribution in [0.5, 0.6) is 5.88 Å². The van der Waals surface area contributed by atoms with Gasteiger partial charge >= 0.3 is 0 Å². The standard InChI is InChI=1S/C26H27N5O3S/c27-24(33)20-4-8-22(9-5-20)35-23-15-28-26(31-12-10-30(11-13-31)21-6-7-21)29-25(23)34-17-19-3-1-2-18(14-19)16-32/h1-5,8-9,14-16,21H,6-7,10-13,17H2,(H2,27,33). The highest BCUT2D eigenvalue weighted by molar-refractivity contribution is 7.99. The van der Waals surface area contributed by atoms with Crippen LogP contribution in [0.3, 0.4) is 0 Å². The third kappa shape index (κ3) is 5.80. The van der Waals surface area contributed by atoms with Crippen molar-refractivity contribution in [2.45, 2.75) is 35.3 Å². The highest BCUT2D eigenvalue weighted by Crippen LogP contribution is 2.35. The number of piperazine rings is 1. The van der Waals surface area contributed by atoms with Crippen molar-refractivity contribution in [1.29, 1.82) is 0 Å². The Morgan fingerprint density at radius 3 is 2.57 bits per heavy atom. The van der Waals surface area contributed by atoms with E-state index in [2.05, 4.69) is 14.8 Å². The van der Waals surface area contributed by atoms with Gasteiger partial charge < -0.3 is 15.4 Å². The molecule has 35 heavy (non-hydrogen) atoms. The third-order valence-corrected chi connectivity index (χ3v) is 7.21. The monoisotopic (exact) mass is 489 g/mol. The number of hydrogen-bond acceptors (Lipinski definition) is 8. The van der Waals surface area contributed by atoms with Crippen LogP contribution in [0.1, 0.15) is 39.1 Å². The van der Waals surface area contributed by atoms with Crippen LogP contribution in [0.15, 0.2) is 64.5 Å². The molecule has 2 heterocycles. The predicted molar refractivity (Wildman–Crippen MR) is 134 cm³/mol. The van der Waals surface area contributed by atoms with Gasteiger partial charge in [-0.3, -0.25) is 14.5 Å². The number of carbonyl (C=O) groups is 2. The summed E-state index contributed by atoms with van der Waals surface area (Å²) in [5.41, 5.74) is 7.30. The van der Waals surface area contributed by atoms with Crippen LogP contribution in [0, 0.1) is 0 Å².